The molecule has 3 N–H and O–H groups in total. The second-order valence-corrected chi connectivity index (χ2v) is 7.74. The minimum absolute atomic E-state index is 0.193. The van der Waals surface area contributed by atoms with Gasteiger partial charge < -0.3 is 15.8 Å². The molecule has 1 fully saturated rings. The highest BCUT2D eigenvalue weighted by molar-refractivity contribution is 5.67. The Kier molecular flexibility index (Phi) is 7.63. The zero-order valence-corrected chi connectivity index (χ0v) is 15.0. The van der Waals surface area contributed by atoms with Crippen LogP contribution in [0, 0.1) is 11.8 Å². The van der Waals surface area contributed by atoms with E-state index < -0.39 is 5.60 Å². The summed E-state index contributed by atoms with van der Waals surface area (Å²) in [6.07, 6.45) is 3.37. The first-order valence-corrected chi connectivity index (χ1v) is 8.64. The zero-order chi connectivity index (χ0) is 16.8. The van der Waals surface area contributed by atoms with Crippen molar-refractivity contribution in [1.29, 1.82) is 0 Å². The number of rotatable bonds is 5. The highest BCUT2D eigenvalue weighted by Gasteiger charge is 2.24. The lowest BCUT2D eigenvalue weighted by atomic mass is 9.89. The average Bonchev–Trinajstić information content (AvgIpc) is 2.63. The molecule has 0 aromatic heterocycles. The van der Waals surface area contributed by atoms with Crippen molar-refractivity contribution in [3.05, 3.63) is 0 Å². The lowest BCUT2D eigenvalue weighted by Crippen LogP contribution is -2.49. The number of hydrogen-bond donors (Lipinski definition) is 2. The second kappa shape index (κ2) is 8.73. The number of ether oxygens (including phenoxy) is 1. The Morgan fingerprint density at radius 3 is 2.55 bits per heavy atom. The van der Waals surface area contributed by atoms with Crippen LogP contribution in [0.5, 0.6) is 0 Å². The van der Waals surface area contributed by atoms with E-state index in [0.29, 0.717) is 13.1 Å². The van der Waals surface area contributed by atoms with Gasteiger partial charge in [-0.05, 0) is 65.0 Å². The number of alkyl carbamates (subject to hydrolysis) is 1. The van der Waals surface area contributed by atoms with E-state index in [1.807, 2.05) is 20.8 Å². The number of nitrogens with one attached hydrogen (secondary N) is 1. The number of nitrogens with two attached hydrogens (primary N) is 1. The Morgan fingerprint density at radius 1 is 1.32 bits per heavy atom. The Labute approximate surface area is 135 Å². The largest absolute Gasteiger partial charge is 0.444 e. The molecule has 22 heavy (non-hydrogen) atoms. The number of carbonyl (C=O) groups is 1. The van der Waals surface area contributed by atoms with Gasteiger partial charge in [0.1, 0.15) is 5.60 Å². The fraction of sp³-hybridized carbons (Fsp3) is 0.941. The molecule has 0 aliphatic carbocycles. The molecule has 5 heteroatoms. The van der Waals surface area contributed by atoms with Crippen LogP contribution in [0.15, 0.2) is 0 Å². The van der Waals surface area contributed by atoms with Crippen LogP contribution in [0.4, 0.5) is 4.79 Å². The van der Waals surface area contributed by atoms with Crippen LogP contribution in [-0.4, -0.2) is 48.8 Å². The Morgan fingerprint density at radius 2 is 2.00 bits per heavy atom. The van der Waals surface area contributed by atoms with E-state index in [1.54, 1.807) is 0 Å². The molecule has 1 amide bonds. The van der Waals surface area contributed by atoms with Gasteiger partial charge in [-0.1, -0.05) is 13.8 Å². The molecule has 1 saturated heterocycles. The topological polar surface area (TPSA) is 67.6 Å². The summed E-state index contributed by atoms with van der Waals surface area (Å²) in [4.78, 5) is 14.2. The maximum atomic E-state index is 11.8. The average molecular weight is 313 g/mol. The maximum Gasteiger partial charge on any atom is 0.407 e. The molecule has 1 heterocycles. The number of carbonyl (C=O) groups excluding carboxylic acids is 1. The monoisotopic (exact) mass is 313 g/mol. The van der Waals surface area contributed by atoms with Crippen molar-refractivity contribution in [3.8, 4) is 0 Å². The molecule has 130 valence electrons. The van der Waals surface area contributed by atoms with E-state index in [1.165, 1.54) is 19.3 Å². The third-order valence-corrected chi connectivity index (χ3v) is 4.42. The van der Waals surface area contributed by atoms with Crippen LogP contribution in [0.25, 0.3) is 0 Å². The van der Waals surface area contributed by atoms with Crippen molar-refractivity contribution in [1.82, 2.24) is 10.2 Å². The van der Waals surface area contributed by atoms with E-state index in [-0.39, 0.29) is 12.1 Å². The minimum Gasteiger partial charge on any atom is -0.444 e. The van der Waals surface area contributed by atoms with E-state index in [0.717, 1.165) is 24.9 Å². The number of amides is 1. The molecular weight excluding hydrogens is 278 g/mol. The van der Waals surface area contributed by atoms with Gasteiger partial charge >= 0.3 is 6.09 Å². The highest BCUT2D eigenvalue weighted by atomic mass is 16.6. The van der Waals surface area contributed by atoms with E-state index in [4.69, 9.17) is 10.5 Å². The molecule has 1 aliphatic rings. The van der Waals surface area contributed by atoms with Gasteiger partial charge in [0.15, 0.2) is 0 Å². The second-order valence-electron chi connectivity index (χ2n) is 7.74. The van der Waals surface area contributed by atoms with Crippen molar-refractivity contribution >= 4 is 6.09 Å². The highest BCUT2D eigenvalue weighted by Crippen LogP contribution is 2.25. The molecule has 5 nitrogen and oxygen atoms in total. The molecule has 0 bridgehead atoms. The summed E-state index contributed by atoms with van der Waals surface area (Å²) in [5.74, 6) is 1.55. The standard InChI is InChI=1S/C17H35N3O2/c1-13(2)14-7-6-9-20(10-8-14)15(11-18)12-19-16(21)22-17(3,4)5/h13-15H,6-12,18H2,1-5H3,(H,19,21). The smallest absolute Gasteiger partial charge is 0.407 e. The molecule has 0 aromatic rings. The summed E-state index contributed by atoms with van der Waals surface area (Å²) in [5.41, 5.74) is 5.47. The summed E-state index contributed by atoms with van der Waals surface area (Å²) in [6.45, 7) is 13.5. The SMILES string of the molecule is CC(C)C1CCCN(C(CN)CNC(=O)OC(C)(C)C)CC1. The predicted octanol–water partition coefficient (Wildman–Crippen LogP) is 2.60. The quantitative estimate of drug-likeness (QED) is 0.818. The first-order chi connectivity index (χ1) is 10.2. The van der Waals surface area contributed by atoms with Crippen LogP contribution in [-0.2, 0) is 4.74 Å². The number of nitrogens with zero attached hydrogens (tertiary/aromatic N) is 1. The minimum atomic E-state index is -0.463. The summed E-state index contributed by atoms with van der Waals surface area (Å²) in [6, 6.07) is 0.193. The molecule has 1 aliphatic heterocycles. The Hall–Kier alpha value is -0.810. The van der Waals surface area contributed by atoms with E-state index in [9.17, 15) is 4.79 Å². The normalized spacial score (nSPS) is 22.2. The van der Waals surface area contributed by atoms with Gasteiger partial charge in [0, 0.05) is 19.1 Å². The van der Waals surface area contributed by atoms with Crippen LogP contribution in [0.2, 0.25) is 0 Å². The molecule has 2 unspecified atom stereocenters. The fourth-order valence-corrected chi connectivity index (χ4v) is 3.05. The maximum absolute atomic E-state index is 11.8. The van der Waals surface area contributed by atoms with Crippen LogP contribution in [0.3, 0.4) is 0 Å². The Balaban J connectivity index is 2.45. The number of likely N-dealkylation sites (tertiary alicyclic amines) is 1. The van der Waals surface area contributed by atoms with Gasteiger partial charge in [-0.15, -0.1) is 0 Å². The lowest BCUT2D eigenvalue weighted by molar-refractivity contribution is 0.0508. The third kappa shape index (κ3) is 6.97. The summed E-state index contributed by atoms with van der Waals surface area (Å²) in [5, 5.41) is 2.86. The predicted molar refractivity (Wildman–Crippen MR) is 90.8 cm³/mol. The van der Waals surface area contributed by atoms with Crippen molar-refractivity contribution in [2.24, 2.45) is 17.6 Å². The van der Waals surface area contributed by atoms with Crippen molar-refractivity contribution in [3.63, 3.8) is 0 Å². The zero-order valence-electron chi connectivity index (χ0n) is 15.0. The van der Waals surface area contributed by atoms with Gasteiger partial charge in [-0.3, -0.25) is 4.90 Å². The van der Waals surface area contributed by atoms with Crippen LogP contribution in [0.1, 0.15) is 53.9 Å². The van der Waals surface area contributed by atoms with Crippen molar-refractivity contribution in [2.75, 3.05) is 26.2 Å². The van der Waals surface area contributed by atoms with Gasteiger partial charge in [-0.2, -0.15) is 0 Å². The third-order valence-electron chi connectivity index (χ3n) is 4.42. The van der Waals surface area contributed by atoms with Crippen molar-refractivity contribution in [2.45, 2.75) is 65.5 Å². The number of hydrogen-bond acceptors (Lipinski definition) is 4. The summed E-state index contributed by atoms with van der Waals surface area (Å²) in [7, 11) is 0. The van der Waals surface area contributed by atoms with Crippen molar-refractivity contribution < 1.29 is 9.53 Å². The molecule has 0 spiro atoms. The van der Waals surface area contributed by atoms with Crippen LogP contribution < -0.4 is 11.1 Å². The molecule has 0 radical (unpaired) electrons. The molecular formula is C17H35N3O2. The first-order valence-electron chi connectivity index (χ1n) is 8.64. The van der Waals surface area contributed by atoms with Gasteiger partial charge in [0.05, 0.1) is 0 Å². The Bertz CT molecular complexity index is 339. The molecule has 0 saturated carbocycles. The summed E-state index contributed by atoms with van der Waals surface area (Å²) < 4.78 is 5.28. The van der Waals surface area contributed by atoms with Gasteiger partial charge in [0.2, 0.25) is 0 Å². The molecule has 0 aromatic carbocycles. The van der Waals surface area contributed by atoms with Crippen LogP contribution >= 0.6 is 0 Å². The van der Waals surface area contributed by atoms with E-state index >= 15 is 0 Å². The molecule has 1 rings (SSSR count). The van der Waals surface area contributed by atoms with Gasteiger partial charge in [-0.25, -0.2) is 4.79 Å². The van der Waals surface area contributed by atoms with E-state index in [2.05, 4.69) is 24.1 Å². The fourth-order valence-electron chi connectivity index (χ4n) is 3.05. The van der Waals surface area contributed by atoms with Gasteiger partial charge in [0.25, 0.3) is 0 Å². The lowest BCUT2D eigenvalue weighted by Gasteiger charge is -2.30. The summed E-state index contributed by atoms with van der Waals surface area (Å²) >= 11 is 0. The molecule has 2 atom stereocenters. The first kappa shape index (κ1) is 19.2.